The number of ether oxygens (including phenoxy) is 2. The fourth-order valence-electron chi connectivity index (χ4n) is 5.62. The highest BCUT2D eigenvalue weighted by Gasteiger charge is 2.09. The van der Waals surface area contributed by atoms with Crippen LogP contribution in [0.2, 0.25) is 0 Å². The molecule has 248 valence electrons. The molecule has 0 amide bonds. The molecule has 0 aromatic heterocycles. The predicted octanol–water partition coefficient (Wildman–Crippen LogP) is 5.72. The second-order valence-corrected chi connectivity index (χ2v) is 13.6. The molecular formula is C35H56N2O6S. The lowest BCUT2D eigenvalue weighted by Gasteiger charge is -2.19. The van der Waals surface area contributed by atoms with Gasteiger partial charge in [0.25, 0.3) is 10.1 Å². The van der Waals surface area contributed by atoms with Gasteiger partial charge in [0, 0.05) is 19.7 Å². The first kappa shape index (κ1) is 36.3. The maximum atomic E-state index is 10.9. The molecule has 2 aliphatic rings. The lowest BCUT2D eigenvalue weighted by molar-refractivity contribution is 0.240. The molecule has 2 aromatic rings. The van der Waals surface area contributed by atoms with Crippen LogP contribution in [0.5, 0.6) is 11.5 Å². The first-order valence-corrected chi connectivity index (χ1v) is 18.6. The second kappa shape index (κ2) is 21.5. The van der Waals surface area contributed by atoms with Crippen LogP contribution in [0.3, 0.4) is 0 Å². The van der Waals surface area contributed by atoms with Gasteiger partial charge in [0.2, 0.25) is 0 Å². The summed E-state index contributed by atoms with van der Waals surface area (Å²) in [7, 11) is -3.36. The third-order valence-corrected chi connectivity index (χ3v) is 8.70. The zero-order valence-corrected chi connectivity index (χ0v) is 27.8. The maximum absolute atomic E-state index is 10.9. The van der Waals surface area contributed by atoms with Gasteiger partial charge in [0.15, 0.2) is 0 Å². The Bertz CT molecular complexity index is 1100. The van der Waals surface area contributed by atoms with Gasteiger partial charge in [0.1, 0.15) is 11.5 Å². The number of benzene rings is 2. The van der Waals surface area contributed by atoms with Crippen molar-refractivity contribution < 1.29 is 27.2 Å². The number of hydrogen-bond donors (Lipinski definition) is 1. The Morgan fingerprint density at radius 3 is 1.41 bits per heavy atom. The van der Waals surface area contributed by atoms with Gasteiger partial charge in [-0.25, -0.2) is 0 Å². The number of nitrogens with zero attached hydrogens (tertiary/aromatic N) is 2. The smallest absolute Gasteiger partial charge is 0.264 e. The molecule has 2 saturated heterocycles. The maximum Gasteiger partial charge on any atom is 0.264 e. The van der Waals surface area contributed by atoms with Gasteiger partial charge in [0.05, 0.1) is 26.1 Å². The van der Waals surface area contributed by atoms with Crippen molar-refractivity contribution >= 4 is 10.1 Å². The summed E-state index contributed by atoms with van der Waals surface area (Å²) in [6.45, 7) is 9.14. The zero-order valence-electron chi connectivity index (χ0n) is 27.0. The van der Waals surface area contributed by atoms with Crippen LogP contribution in [0, 0.1) is 0 Å². The van der Waals surface area contributed by atoms with Crippen molar-refractivity contribution in [3.63, 3.8) is 0 Å². The average Bonchev–Trinajstić information content (AvgIpc) is 3.44. The van der Waals surface area contributed by atoms with E-state index in [9.17, 15) is 8.42 Å². The van der Waals surface area contributed by atoms with E-state index in [1.807, 2.05) is 48.5 Å². The van der Waals surface area contributed by atoms with Crippen molar-refractivity contribution in [3.8, 4) is 11.5 Å². The highest BCUT2D eigenvalue weighted by Crippen LogP contribution is 2.15. The molecule has 2 aliphatic heterocycles. The van der Waals surface area contributed by atoms with Gasteiger partial charge in [-0.3, -0.25) is 4.18 Å². The van der Waals surface area contributed by atoms with Gasteiger partial charge in [-0.15, -0.1) is 0 Å². The predicted molar refractivity (Wildman–Crippen MR) is 178 cm³/mol. The summed E-state index contributed by atoms with van der Waals surface area (Å²) in [5.41, 5.74) is 2.19. The minimum absolute atomic E-state index is 0.175. The van der Waals surface area contributed by atoms with Crippen LogP contribution in [-0.4, -0.2) is 95.3 Å². The molecule has 2 aromatic carbocycles. The summed E-state index contributed by atoms with van der Waals surface area (Å²) in [5, 5.41) is 8.87. The molecule has 8 nitrogen and oxygen atoms in total. The molecule has 0 spiro atoms. The Hall–Kier alpha value is -2.17. The SMILES string of the molecule is CS(=O)(=O)OCCc1ccc(OCCCN2CCCCCC2)cc1.OCCc1ccc(OCCCN2CCCCCC2)cc1. The molecule has 0 unspecified atom stereocenters. The number of hydrogen-bond acceptors (Lipinski definition) is 8. The quantitative estimate of drug-likeness (QED) is 0.186. The number of likely N-dealkylation sites (tertiary alicyclic amines) is 2. The van der Waals surface area contributed by atoms with E-state index >= 15 is 0 Å². The standard InChI is InChI=1S/C18H29NO4S.C17H27NO2/c1-24(20,21)23-16-11-17-7-9-18(10-8-17)22-15-6-14-19-12-4-2-3-5-13-19;19-14-10-16-6-8-17(9-7-16)20-15-5-13-18-11-3-1-2-4-12-18/h7-10H,2-6,11-16H2,1H3;6-9,19H,1-5,10-15H2. The third-order valence-electron chi connectivity index (χ3n) is 8.11. The lowest BCUT2D eigenvalue weighted by atomic mass is 10.1. The van der Waals surface area contributed by atoms with Crippen LogP contribution in [0.1, 0.15) is 75.3 Å². The minimum atomic E-state index is -3.36. The van der Waals surface area contributed by atoms with Crippen LogP contribution in [-0.2, 0) is 27.1 Å². The molecule has 0 radical (unpaired) electrons. The fraction of sp³-hybridized carbons (Fsp3) is 0.657. The second-order valence-electron chi connectivity index (χ2n) is 12.0. The fourth-order valence-corrected chi connectivity index (χ4v) is 6.01. The van der Waals surface area contributed by atoms with E-state index in [2.05, 4.69) is 9.80 Å². The molecule has 0 saturated carbocycles. The van der Waals surface area contributed by atoms with Gasteiger partial charge in [-0.05, 0) is 113 Å². The van der Waals surface area contributed by atoms with Crippen LogP contribution < -0.4 is 9.47 Å². The van der Waals surface area contributed by atoms with Crippen molar-refractivity contribution in [2.75, 3.05) is 72.0 Å². The monoisotopic (exact) mass is 632 g/mol. The molecular weight excluding hydrogens is 576 g/mol. The molecule has 9 heteroatoms. The van der Waals surface area contributed by atoms with Crippen molar-refractivity contribution in [2.24, 2.45) is 0 Å². The summed E-state index contributed by atoms with van der Waals surface area (Å²) in [4.78, 5) is 5.11. The van der Waals surface area contributed by atoms with Crippen molar-refractivity contribution in [3.05, 3.63) is 59.7 Å². The van der Waals surface area contributed by atoms with E-state index in [-0.39, 0.29) is 13.2 Å². The number of aliphatic hydroxyl groups excluding tert-OH is 1. The summed E-state index contributed by atoms with van der Waals surface area (Å²) in [6, 6.07) is 15.8. The summed E-state index contributed by atoms with van der Waals surface area (Å²) < 4.78 is 38.1. The Morgan fingerprint density at radius 2 is 1.02 bits per heavy atom. The first-order chi connectivity index (χ1) is 21.4. The van der Waals surface area contributed by atoms with Gasteiger partial charge in [-0.1, -0.05) is 49.9 Å². The van der Waals surface area contributed by atoms with Crippen molar-refractivity contribution in [2.45, 2.75) is 77.0 Å². The van der Waals surface area contributed by atoms with Gasteiger partial charge in [-0.2, -0.15) is 8.42 Å². The van der Waals surface area contributed by atoms with E-state index in [4.69, 9.17) is 18.8 Å². The third kappa shape index (κ3) is 16.8. The average molecular weight is 633 g/mol. The normalized spacial score (nSPS) is 16.8. The van der Waals surface area contributed by atoms with Crippen LogP contribution >= 0.6 is 0 Å². The Labute approximate surface area is 266 Å². The van der Waals surface area contributed by atoms with Crippen LogP contribution in [0.4, 0.5) is 0 Å². The van der Waals surface area contributed by atoms with Crippen LogP contribution in [0.25, 0.3) is 0 Å². The molecule has 2 fully saturated rings. The van der Waals surface area contributed by atoms with E-state index in [1.165, 1.54) is 77.5 Å². The van der Waals surface area contributed by atoms with E-state index in [0.29, 0.717) is 6.42 Å². The van der Waals surface area contributed by atoms with Crippen LogP contribution in [0.15, 0.2) is 48.5 Å². The highest BCUT2D eigenvalue weighted by atomic mass is 32.2. The molecule has 2 heterocycles. The number of rotatable bonds is 16. The Morgan fingerprint density at radius 1 is 0.614 bits per heavy atom. The van der Waals surface area contributed by atoms with E-state index in [1.54, 1.807) is 0 Å². The van der Waals surface area contributed by atoms with Crippen molar-refractivity contribution in [1.29, 1.82) is 0 Å². The highest BCUT2D eigenvalue weighted by molar-refractivity contribution is 7.85. The summed E-state index contributed by atoms with van der Waals surface area (Å²) in [6.07, 6.45) is 15.4. The lowest BCUT2D eigenvalue weighted by Crippen LogP contribution is -2.26. The zero-order chi connectivity index (χ0) is 31.3. The molecule has 44 heavy (non-hydrogen) atoms. The number of aliphatic hydroxyl groups is 1. The minimum Gasteiger partial charge on any atom is -0.494 e. The Kier molecular flexibility index (Phi) is 17.8. The van der Waals surface area contributed by atoms with Gasteiger partial charge >= 0.3 is 0 Å². The first-order valence-electron chi connectivity index (χ1n) is 16.7. The van der Waals surface area contributed by atoms with Crippen molar-refractivity contribution in [1.82, 2.24) is 9.80 Å². The van der Waals surface area contributed by atoms with E-state index < -0.39 is 10.1 Å². The Balaban J connectivity index is 0.000000244. The molecule has 0 bridgehead atoms. The molecule has 0 atom stereocenters. The molecule has 1 N–H and O–H groups in total. The summed E-state index contributed by atoms with van der Waals surface area (Å²) in [5.74, 6) is 1.79. The molecule has 0 aliphatic carbocycles. The van der Waals surface area contributed by atoms with E-state index in [0.717, 1.165) is 74.4 Å². The molecule has 4 rings (SSSR count). The summed E-state index contributed by atoms with van der Waals surface area (Å²) >= 11 is 0. The topological polar surface area (TPSA) is 88.5 Å². The van der Waals surface area contributed by atoms with Gasteiger partial charge < -0.3 is 24.4 Å². The largest absolute Gasteiger partial charge is 0.494 e.